The minimum atomic E-state index is -1.21. The number of aliphatic hydroxyl groups is 1. The second-order valence-corrected chi connectivity index (χ2v) is 7.62. The normalized spacial score (nSPS) is 28.1. The number of rotatable bonds is 2. The summed E-state index contributed by atoms with van der Waals surface area (Å²) in [5.74, 6) is 0.809. The van der Waals surface area contributed by atoms with Crippen LogP contribution in [-0.4, -0.2) is 29.6 Å². The van der Waals surface area contributed by atoms with Crippen molar-refractivity contribution in [1.29, 1.82) is 0 Å². The molecule has 88 valence electrons. The molecule has 1 aliphatic rings. The van der Waals surface area contributed by atoms with Crippen molar-refractivity contribution in [3.63, 3.8) is 0 Å². The predicted molar refractivity (Wildman–Crippen MR) is 66.2 cm³/mol. The van der Waals surface area contributed by atoms with Crippen LogP contribution in [0.25, 0.3) is 0 Å². The van der Waals surface area contributed by atoms with Crippen molar-refractivity contribution in [2.24, 2.45) is 0 Å². The van der Waals surface area contributed by atoms with E-state index in [2.05, 4.69) is 0 Å². The van der Waals surface area contributed by atoms with Crippen molar-refractivity contribution in [3.8, 4) is 0 Å². The molecule has 0 bridgehead atoms. The molecule has 0 aliphatic carbocycles. The molecule has 1 fully saturated rings. The van der Waals surface area contributed by atoms with Gasteiger partial charge in [0.1, 0.15) is 10.7 Å². The molecule has 0 unspecified atom stereocenters. The number of benzene rings is 1. The van der Waals surface area contributed by atoms with Gasteiger partial charge >= 0.3 is 0 Å². The van der Waals surface area contributed by atoms with E-state index in [0.717, 1.165) is 0 Å². The third-order valence-electron chi connectivity index (χ3n) is 2.47. The van der Waals surface area contributed by atoms with Gasteiger partial charge in [0, 0.05) is 38.1 Å². The maximum absolute atomic E-state index is 11.6. The first kappa shape index (κ1) is 12.2. The molecule has 6 heteroatoms. The minimum Gasteiger partial charge on any atom is -0.386 e. The molecule has 1 aromatic rings. The molecule has 0 aromatic heterocycles. The number of aliphatic hydroxyl groups excluding tert-OH is 1. The summed E-state index contributed by atoms with van der Waals surface area (Å²) in [6.07, 6.45) is -0.943. The highest BCUT2D eigenvalue weighted by atomic mass is 35.5. The number of halogens is 1. The van der Waals surface area contributed by atoms with Gasteiger partial charge in [-0.25, -0.2) is 0 Å². The van der Waals surface area contributed by atoms with Crippen LogP contribution >= 0.6 is 11.6 Å². The first-order valence-corrected chi connectivity index (χ1v) is 7.91. The Kier molecular flexibility index (Phi) is 3.79. The van der Waals surface area contributed by atoms with Gasteiger partial charge in [-0.15, -0.1) is 0 Å². The highest BCUT2D eigenvalue weighted by Crippen LogP contribution is 2.28. The largest absolute Gasteiger partial charge is 0.386 e. The summed E-state index contributed by atoms with van der Waals surface area (Å²) in [5, 5.41) is 10.6. The van der Waals surface area contributed by atoms with E-state index in [1.165, 1.54) is 0 Å². The summed E-state index contributed by atoms with van der Waals surface area (Å²) < 4.78 is 22.5. The number of hydrogen-bond donors (Lipinski definition) is 1. The van der Waals surface area contributed by atoms with Crippen molar-refractivity contribution in [2.75, 3.05) is 11.5 Å². The fourth-order valence-corrected chi connectivity index (χ4v) is 5.95. The molecule has 0 saturated carbocycles. The van der Waals surface area contributed by atoms with E-state index in [9.17, 15) is 13.5 Å². The fraction of sp³-hybridized carbons (Fsp3) is 0.400. The van der Waals surface area contributed by atoms with Crippen LogP contribution in [0.3, 0.4) is 0 Å². The first-order chi connectivity index (χ1) is 7.59. The van der Waals surface area contributed by atoms with Crippen LogP contribution in [0.5, 0.6) is 0 Å². The summed E-state index contributed by atoms with van der Waals surface area (Å²) in [7, 11) is -2.42. The second-order valence-electron chi connectivity index (χ2n) is 3.53. The molecule has 1 saturated heterocycles. The molecule has 1 heterocycles. The summed E-state index contributed by atoms with van der Waals surface area (Å²) >= 11 is 5.73. The summed E-state index contributed by atoms with van der Waals surface area (Å²) in [6, 6.07) is 6.64. The Morgan fingerprint density at radius 2 is 1.69 bits per heavy atom. The van der Waals surface area contributed by atoms with Gasteiger partial charge in [0.05, 0.1) is 0 Å². The topological polar surface area (TPSA) is 54.4 Å². The first-order valence-electron chi connectivity index (χ1n) is 4.77. The number of hydrogen-bond acceptors (Lipinski definition) is 3. The molecule has 1 N–H and O–H groups in total. The van der Waals surface area contributed by atoms with E-state index < -0.39 is 32.3 Å². The molecule has 3 atom stereocenters. The lowest BCUT2D eigenvalue weighted by Crippen LogP contribution is -2.23. The molecule has 2 rings (SSSR count). The van der Waals surface area contributed by atoms with E-state index in [0.29, 0.717) is 22.1 Å². The Labute approximate surface area is 104 Å². The van der Waals surface area contributed by atoms with Crippen LogP contribution in [-0.2, 0) is 21.6 Å². The quantitative estimate of drug-likeness (QED) is 0.885. The van der Waals surface area contributed by atoms with Crippen LogP contribution < -0.4 is 0 Å². The SMILES string of the molecule is O=[S@@]1CC[S@@](=O)C1[C@@H](O)c1ccc(Cl)cc1. The van der Waals surface area contributed by atoms with Crippen molar-refractivity contribution in [2.45, 2.75) is 10.7 Å². The van der Waals surface area contributed by atoms with Crippen LogP contribution in [0.1, 0.15) is 11.7 Å². The maximum atomic E-state index is 11.6. The molecule has 1 aromatic carbocycles. The Balaban J connectivity index is 2.24. The van der Waals surface area contributed by atoms with E-state index in [1.807, 2.05) is 0 Å². The van der Waals surface area contributed by atoms with Gasteiger partial charge in [-0.1, -0.05) is 23.7 Å². The average Bonchev–Trinajstić information content (AvgIpc) is 2.59. The van der Waals surface area contributed by atoms with Crippen molar-refractivity contribution in [3.05, 3.63) is 34.9 Å². The molecule has 16 heavy (non-hydrogen) atoms. The molecule has 1 aliphatic heterocycles. The fourth-order valence-electron chi connectivity index (χ4n) is 1.62. The highest BCUT2D eigenvalue weighted by Gasteiger charge is 2.37. The van der Waals surface area contributed by atoms with E-state index in [-0.39, 0.29) is 0 Å². The lowest BCUT2D eigenvalue weighted by atomic mass is 10.1. The summed E-state index contributed by atoms with van der Waals surface area (Å²) in [6.45, 7) is 0. The smallest absolute Gasteiger partial charge is 0.140 e. The van der Waals surface area contributed by atoms with Gasteiger partial charge in [0.2, 0.25) is 0 Å². The van der Waals surface area contributed by atoms with E-state index in [1.54, 1.807) is 24.3 Å². The van der Waals surface area contributed by atoms with Gasteiger partial charge in [0.15, 0.2) is 0 Å². The van der Waals surface area contributed by atoms with Crippen LogP contribution in [0.4, 0.5) is 0 Å². The third kappa shape index (κ3) is 2.37. The van der Waals surface area contributed by atoms with E-state index in [4.69, 9.17) is 11.6 Å². The molecular formula is C10H11ClO3S2. The van der Waals surface area contributed by atoms with Gasteiger partial charge in [-0.2, -0.15) is 0 Å². The molecule has 0 radical (unpaired) electrons. The second kappa shape index (κ2) is 4.96. The summed E-state index contributed by atoms with van der Waals surface area (Å²) in [5.41, 5.74) is 0.609. The monoisotopic (exact) mass is 278 g/mol. The zero-order valence-corrected chi connectivity index (χ0v) is 10.7. The zero-order chi connectivity index (χ0) is 11.7. The highest BCUT2D eigenvalue weighted by molar-refractivity contribution is 8.06. The van der Waals surface area contributed by atoms with Crippen molar-refractivity contribution >= 4 is 33.2 Å². The standard InChI is InChI=1S/C10H11ClO3S2/c11-8-3-1-7(2-4-8)9(12)10-15(13)5-6-16(10)14/h1-4,9-10,12H,5-6H2/t9-,15+,16+/m0/s1. The average molecular weight is 279 g/mol. The molecule has 0 spiro atoms. The van der Waals surface area contributed by atoms with Crippen molar-refractivity contribution in [1.82, 2.24) is 0 Å². The van der Waals surface area contributed by atoms with Crippen molar-refractivity contribution < 1.29 is 13.5 Å². The zero-order valence-electron chi connectivity index (χ0n) is 8.34. The van der Waals surface area contributed by atoms with Gasteiger partial charge in [0.25, 0.3) is 0 Å². The molecular weight excluding hydrogens is 268 g/mol. The Bertz CT molecular complexity index is 416. The van der Waals surface area contributed by atoms with Gasteiger partial charge in [-0.3, -0.25) is 8.42 Å². The Morgan fingerprint density at radius 3 is 2.19 bits per heavy atom. The van der Waals surface area contributed by atoms with Gasteiger partial charge in [-0.05, 0) is 17.7 Å². The molecule has 0 amide bonds. The van der Waals surface area contributed by atoms with Crippen LogP contribution in [0.2, 0.25) is 5.02 Å². The predicted octanol–water partition coefficient (Wildman–Crippen LogP) is 1.21. The van der Waals surface area contributed by atoms with Gasteiger partial charge < -0.3 is 5.11 Å². The Morgan fingerprint density at radius 1 is 1.19 bits per heavy atom. The lowest BCUT2D eigenvalue weighted by Gasteiger charge is -2.16. The maximum Gasteiger partial charge on any atom is 0.140 e. The summed E-state index contributed by atoms with van der Waals surface area (Å²) in [4.78, 5) is 0. The lowest BCUT2D eigenvalue weighted by molar-refractivity contribution is 0.194. The molecule has 3 nitrogen and oxygen atoms in total. The third-order valence-corrected chi connectivity index (χ3v) is 7.04. The van der Waals surface area contributed by atoms with E-state index >= 15 is 0 Å². The van der Waals surface area contributed by atoms with Crippen LogP contribution in [0.15, 0.2) is 24.3 Å². The minimum absolute atomic E-state index is 0.405. The Hall–Kier alpha value is -0.230. The van der Waals surface area contributed by atoms with Crippen LogP contribution in [0, 0.1) is 0 Å².